The first-order chi connectivity index (χ1) is 13.3. The van der Waals surface area contributed by atoms with Crippen LogP contribution >= 0.6 is 0 Å². The van der Waals surface area contributed by atoms with Crippen LogP contribution < -0.4 is 5.32 Å². The number of rotatable bonds is 3. The van der Waals surface area contributed by atoms with Gasteiger partial charge in [0, 0.05) is 24.7 Å². The van der Waals surface area contributed by atoms with Crippen molar-refractivity contribution < 1.29 is 4.79 Å². The largest absolute Gasteiger partial charge is 0.338 e. The van der Waals surface area contributed by atoms with Gasteiger partial charge in [-0.1, -0.05) is 24.3 Å². The molecule has 3 aliphatic rings. The number of aromatic amines is 1. The summed E-state index contributed by atoms with van der Waals surface area (Å²) in [5, 5.41) is 10.4. The van der Waals surface area contributed by atoms with Crippen LogP contribution in [0.4, 0.5) is 4.79 Å². The monoisotopic (exact) mass is 364 g/mol. The molecule has 2 N–H and O–H groups in total. The third-order valence-corrected chi connectivity index (χ3v) is 7.00. The number of H-pyrrole nitrogens is 1. The zero-order chi connectivity index (χ0) is 18.3. The van der Waals surface area contributed by atoms with E-state index >= 15 is 0 Å². The van der Waals surface area contributed by atoms with Gasteiger partial charge in [0.25, 0.3) is 0 Å². The molecule has 27 heavy (non-hydrogen) atoms. The van der Waals surface area contributed by atoms with Crippen molar-refractivity contribution in [1.82, 2.24) is 20.4 Å². The minimum atomic E-state index is 0.0837. The third kappa shape index (κ3) is 2.93. The number of aromatic nitrogens is 2. The van der Waals surface area contributed by atoms with Gasteiger partial charge in [-0.15, -0.1) is 0 Å². The number of urea groups is 1. The van der Waals surface area contributed by atoms with Gasteiger partial charge in [-0.2, -0.15) is 5.10 Å². The number of aryl methyl sites for hydroxylation is 1. The van der Waals surface area contributed by atoms with Crippen molar-refractivity contribution >= 4 is 6.03 Å². The van der Waals surface area contributed by atoms with Crippen LogP contribution in [-0.4, -0.2) is 34.2 Å². The van der Waals surface area contributed by atoms with Crippen molar-refractivity contribution in [3.05, 3.63) is 53.3 Å². The summed E-state index contributed by atoms with van der Waals surface area (Å²) in [5.74, 6) is 0.582. The average Bonchev–Trinajstić information content (AvgIpc) is 3.14. The Bertz CT molecular complexity index is 817. The fourth-order valence-corrected chi connectivity index (χ4v) is 5.50. The number of likely N-dealkylation sites (tertiary alicyclic amines) is 1. The Kier molecular flexibility index (Phi) is 4.18. The predicted octanol–water partition coefficient (Wildman–Crippen LogP) is 3.94. The Hall–Kier alpha value is -2.30. The van der Waals surface area contributed by atoms with E-state index in [0.29, 0.717) is 11.3 Å². The first-order valence-electron chi connectivity index (χ1n) is 10.4. The fourth-order valence-electron chi connectivity index (χ4n) is 5.50. The molecule has 1 aromatic carbocycles. The Balaban J connectivity index is 1.24. The van der Waals surface area contributed by atoms with Crippen LogP contribution in [-0.2, 0) is 11.8 Å². The highest BCUT2D eigenvalue weighted by atomic mass is 16.2. The van der Waals surface area contributed by atoms with Gasteiger partial charge in [-0.3, -0.25) is 5.10 Å². The van der Waals surface area contributed by atoms with E-state index in [9.17, 15) is 4.79 Å². The summed E-state index contributed by atoms with van der Waals surface area (Å²) in [6, 6.07) is 11.1. The highest BCUT2D eigenvalue weighted by Crippen LogP contribution is 2.59. The second-order valence-corrected chi connectivity index (χ2v) is 8.47. The molecular formula is C22H28N4O. The molecule has 2 heterocycles. The normalized spacial score (nSPS) is 29.4. The summed E-state index contributed by atoms with van der Waals surface area (Å²) in [6.07, 6.45) is 9.99. The number of carbonyl (C=O) groups is 1. The van der Waals surface area contributed by atoms with Gasteiger partial charge in [0.1, 0.15) is 0 Å². The maximum Gasteiger partial charge on any atom is 0.317 e. The number of carbonyl (C=O) groups excluding carboxylic acids is 1. The summed E-state index contributed by atoms with van der Waals surface area (Å²) in [6.45, 7) is 1.62. The molecule has 5 nitrogen and oxygen atoms in total. The molecule has 2 fully saturated rings. The molecule has 5 heteroatoms. The van der Waals surface area contributed by atoms with Crippen molar-refractivity contribution in [2.75, 3.05) is 13.1 Å². The van der Waals surface area contributed by atoms with Gasteiger partial charge < -0.3 is 10.2 Å². The van der Waals surface area contributed by atoms with Crippen molar-refractivity contribution in [3.63, 3.8) is 0 Å². The summed E-state index contributed by atoms with van der Waals surface area (Å²) in [5.41, 5.74) is 4.44. The van der Waals surface area contributed by atoms with E-state index in [-0.39, 0.29) is 12.1 Å². The molecule has 1 aromatic heterocycles. The summed E-state index contributed by atoms with van der Waals surface area (Å²) in [4.78, 5) is 14.9. The SMILES string of the molecule is O=C(NC[C@@H]1C[C@]12CCCc1ccccc12)N1CCCCC1c1ccn[nH]1. The van der Waals surface area contributed by atoms with E-state index in [0.717, 1.165) is 38.0 Å². The summed E-state index contributed by atoms with van der Waals surface area (Å²) >= 11 is 0. The van der Waals surface area contributed by atoms with Crippen LogP contribution in [0.3, 0.4) is 0 Å². The number of benzene rings is 1. The predicted molar refractivity (Wildman–Crippen MR) is 104 cm³/mol. The minimum Gasteiger partial charge on any atom is -0.338 e. The molecule has 5 rings (SSSR count). The van der Waals surface area contributed by atoms with Crippen LogP contribution in [0.1, 0.15) is 61.4 Å². The fraction of sp³-hybridized carbons (Fsp3) is 0.545. The smallest absolute Gasteiger partial charge is 0.317 e. The zero-order valence-corrected chi connectivity index (χ0v) is 15.8. The topological polar surface area (TPSA) is 61.0 Å². The van der Waals surface area contributed by atoms with E-state index < -0.39 is 0 Å². The Morgan fingerprint density at radius 2 is 2.19 bits per heavy atom. The third-order valence-electron chi connectivity index (χ3n) is 7.00. The maximum atomic E-state index is 12.9. The van der Waals surface area contributed by atoms with Gasteiger partial charge in [0.05, 0.1) is 11.7 Å². The number of fused-ring (bicyclic) bond motifs is 2. The van der Waals surface area contributed by atoms with Gasteiger partial charge in [0.2, 0.25) is 0 Å². The Morgan fingerprint density at radius 3 is 3.07 bits per heavy atom. The number of piperidine rings is 1. The average molecular weight is 364 g/mol. The van der Waals surface area contributed by atoms with E-state index in [1.807, 2.05) is 11.0 Å². The van der Waals surface area contributed by atoms with Gasteiger partial charge in [-0.25, -0.2) is 4.79 Å². The van der Waals surface area contributed by atoms with E-state index in [4.69, 9.17) is 0 Å². The maximum absolute atomic E-state index is 12.9. The molecule has 1 saturated heterocycles. The molecule has 1 saturated carbocycles. The van der Waals surface area contributed by atoms with Crippen molar-refractivity contribution in [2.24, 2.45) is 5.92 Å². The number of hydrogen-bond acceptors (Lipinski definition) is 2. The van der Waals surface area contributed by atoms with Crippen LogP contribution in [0.25, 0.3) is 0 Å². The molecule has 1 aliphatic heterocycles. The minimum absolute atomic E-state index is 0.0837. The molecule has 3 atom stereocenters. The molecule has 1 unspecified atom stereocenters. The molecular weight excluding hydrogens is 336 g/mol. The quantitative estimate of drug-likeness (QED) is 0.866. The molecule has 0 radical (unpaired) electrons. The van der Waals surface area contributed by atoms with E-state index in [1.165, 1.54) is 31.2 Å². The van der Waals surface area contributed by atoms with Crippen LogP contribution in [0, 0.1) is 5.92 Å². The van der Waals surface area contributed by atoms with E-state index in [1.54, 1.807) is 11.8 Å². The number of hydrogen-bond donors (Lipinski definition) is 2. The second kappa shape index (κ2) is 6.70. The summed E-state index contributed by atoms with van der Waals surface area (Å²) < 4.78 is 0. The van der Waals surface area contributed by atoms with Gasteiger partial charge in [0.15, 0.2) is 0 Å². The summed E-state index contributed by atoms with van der Waals surface area (Å²) in [7, 11) is 0. The lowest BCUT2D eigenvalue weighted by Crippen LogP contribution is -2.45. The lowest BCUT2D eigenvalue weighted by atomic mass is 9.78. The zero-order valence-electron chi connectivity index (χ0n) is 15.8. The Morgan fingerprint density at radius 1 is 1.26 bits per heavy atom. The van der Waals surface area contributed by atoms with E-state index in [2.05, 4.69) is 39.8 Å². The molecule has 2 amide bonds. The standard InChI is InChI=1S/C22H28N4O/c27-21(26-13-4-3-9-20(26)19-10-12-24-25-19)23-15-17-14-22(17)11-5-7-16-6-1-2-8-18(16)22/h1-2,6,8,10,12,17,20H,3-5,7,9,11,13-15H2,(H,23,27)(H,24,25)/t17-,20?,22+/m0/s1. The van der Waals surface area contributed by atoms with Crippen molar-refractivity contribution in [3.8, 4) is 0 Å². The second-order valence-electron chi connectivity index (χ2n) is 8.47. The van der Waals surface area contributed by atoms with Crippen LogP contribution in [0.2, 0.25) is 0 Å². The first-order valence-corrected chi connectivity index (χ1v) is 10.4. The highest BCUT2D eigenvalue weighted by Gasteiger charge is 2.56. The van der Waals surface area contributed by atoms with Crippen molar-refractivity contribution in [2.45, 2.75) is 56.4 Å². The highest BCUT2D eigenvalue weighted by molar-refractivity contribution is 5.75. The lowest BCUT2D eigenvalue weighted by Gasteiger charge is -2.35. The van der Waals surface area contributed by atoms with Crippen LogP contribution in [0.15, 0.2) is 36.5 Å². The molecule has 142 valence electrons. The number of nitrogens with one attached hydrogen (secondary N) is 2. The Labute approximate surface area is 160 Å². The molecule has 0 bridgehead atoms. The number of nitrogens with zero attached hydrogens (tertiary/aromatic N) is 2. The number of amides is 2. The van der Waals surface area contributed by atoms with Gasteiger partial charge in [-0.05, 0) is 68.1 Å². The molecule has 1 spiro atoms. The first kappa shape index (κ1) is 16.8. The molecule has 2 aliphatic carbocycles. The van der Waals surface area contributed by atoms with Crippen molar-refractivity contribution in [1.29, 1.82) is 0 Å². The van der Waals surface area contributed by atoms with Gasteiger partial charge >= 0.3 is 6.03 Å². The van der Waals surface area contributed by atoms with Crippen LogP contribution in [0.5, 0.6) is 0 Å². The molecule has 2 aromatic rings. The lowest BCUT2D eigenvalue weighted by molar-refractivity contribution is 0.149.